The molecule has 0 unspecified atom stereocenters. The largest absolute Gasteiger partial charge is 0.438 e. The molecular weight excluding hydrogens is 649 g/mol. The van der Waals surface area contributed by atoms with Gasteiger partial charge >= 0.3 is 0 Å². The third-order valence-electron chi connectivity index (χ3n) is 8.85. The molecule has 2 aromatic carbocycles. The van der Waals surface area contributed by atoms with Crippen molar-refractivity contribution in [2.75, 3.05) is 12.9 Å². The minimum atomic E-state index is -3.45. The van der Waals surface area contributed by atoms with Gasteiger partial charge in [-0.25, -0.2) is 9.37 Å². The van der Waals surface area contributed by atoms with E-state index in [-0.39, 0.29) is 36.0 Å². The summed E-state index contributed by atoms with van der Waals surface area (Å²) in [6.45, 7) is 0.978. The van der Waals surface area contributed by atoms with Gasteiger partial charge in [-0.1, -0.05) is 36.4 Å². The van der Waals surface area contributed by atoms with Crippen molar-refractivity contribution in [3.8, 4) is 22.8 Å². The number of hydrogen-bond donors (Lipinski definition) is 2. The van der Waals surface area contributed by atoms with Gasteiger partial charge in [0.25, 0.3) is 21.9 Å². The van der Waals surface area contributed by atoms with Crippen LogP contribution in [-0.2, 0) is 33.7 Å². The summed E-state index contributed by atoms with van der Waals surface area (Å²) < 4.78 is 49.3. The Morgan fingerprint density at radius 1 is 0.939 bits per heavy atom. The molecule has 2 amide bonds. The Hall–Kier alpha value is -4.62. The van der Waals surface area contributed by atoms with Gasteiger partial charge in [-0.3, -0.25) is 18.5 Å². The quantitative estimate of drug-likeness (QED) is 0.145. The molecular formula is C36H40FN5O6S. The van der Waals surface area contributed by atoms with Gasteiger partial charge in [0.1, 0.15) is 22.8 Å². The molecule has 0 bridgehead atoms. The molecule has 258 valence electrons. The topological polar surface area (TPSA) is 142 Å². The molecule has 0 spiro atoms. The Labute approximate surface area is 285 Å². The fraction of sp³-hybridized carbons (Fsp3) is 0.389. The van der Waals surface area contributed by atoms with Crippen molar-refractivity contribution >= 4 is 21.9 Å². The standard InChI is InChI=1S/C36H40FN5O6S/c1-49(45,46)47-19-5-6-24-10-12-25(13-11-24)26-7-4-9-31(20-26)48-36-32(21-27(37)23-38-36)34(43)39-28-14-16-29(17-15-28)40-35(44)33-22-30-8-2-3-18-42(30)41-33/h4,7,9-13,20-23,28-29H,2-3,5-6,8,14-19H2,1H3,(H,39,43)(H,40,44). The first kappa shape index (κ1) is 34.3. The van der Waals surface area contributed by atoms with Gasteiger partial charge in [0.05, 0.1) is 19.1 Å². The predicted octanol–water partition coefficient (Wildman–Crippen LogP) is 5.59. The second kappa shape index (κ2) is 15.3. The van der Waals surface area contributed by atoms with E-state index in [0.29, 0.717) is 50.0 Å². The average Bonchev–Trinajstić information content (AvgIpc) is 3.53. The number of halogens is 1. The van der Waals surface area contributed by atoms with Gasteiger partial charge in [-0.05, 0) is 98.7 Å². The smallest absolute Gasteiger partial charge is 0.272 e. The van der Waals surface area contributed by atoms with E-state index in [2.05, 4.69) is 20.7 Å². The molecule has 0 atom stereocenters. The third kappa shape index (κ3) is 9.30. The lowest BCUT2D eigenvalue weighted by molar-refractivity contribution is 0.0887. The van der Waals surface area contributed by atoms with E-state index in [1.54, 1.807) is 6.07 Å². The highest BCUT2D eigenvalue weighted by molar-refractivity contribution is 7.85. The van der Waals surface area contributed by atoms with Crippen LogP contribution in [0.5, 0.6) is 11.6 Å². The van der Waals surface area contributed by atoms with Crippen LogP contribution in [0, 0.1) is 5.82 Å². The molecule has 4 aromatic rings. The summed E-state index contributed by atoms with van der Waals surface area (Å²) in [6.07, 6.45) is 9.13. The van der Waals surface area contributed by atoms with Gasteiger partial charge in [0.15, 0.2) is 0 Å². The molecule has 11 nitrogen and oxygen atoms in total. The molecule has 0 saturated heterocycles. The molecule has 0 radical (unpaired) electrons. The Balaban J connectivity index is 1.03. The van der Waals surface area contributed by atoms with E-state index < -0.39 is 21.8 Å². The summed E-state index contributed by atoms with van der Waals surface area (Å²) in [5.74, 6) is -0.875. The normalized spacial score (nSPS) is 17.6. The summed E-state index contributed by atoms with van der Waals surface area (Å²) in [4.78, 5) is 30.3. The van der Waals surface area contributed by atoms with Gasteiger partial charge in [0.2, 0.25) is 5.88 Å². The molecule has 2 aromatic heterocycles. The highest BCUT2D eigenvalue weighted by Gasteiger charge is 2.27. The predicted molar refractivity (Wildman–Crippen MR) is 181 cm³/mol. The van der Waals surface area contributed by atoms with Crippen molar-refractivity contribution in [3.63, 3.8) is 0 Å². The first-order valence-electron chi connectivity index (χ1n) is 16.7. The molecule has 13 heteroatoms. The van der Waals surface area contributed by atoms with Crippen LogP contribution in [0.25, 0.3) is 11.1 Å². The number of pyridine rings is 1. The highest BCUT2D eigenvalue weighted by atomic mass is 32.2. The number of benzene rings is 2. The number of carbonyl (C=O) groups is 2. The van der Waals surface area contributed by atoms with Crippen molar-refractivity contribution in [2.24, 2.45) is 0 Å². The fourth-order valence-electron chi connectivity index (χ4n) is 6.31. The monoisotopic (exact) mass is 689 g/mol. The van der Waals surface area contributed by atoms with E-state index in [9.17, 15) is 22.4 Å². The van der Waals surface area contributed by atoms with Crippen LogP contribution >= 0.6 is 0 Å². The van der Waals surface area contributed by atoms with Gasteiger partial charge in [0, 0.05) is 24.3 Å². The highest BCUT2D eigenvalue weighted by Crippen LogP contribution is 2.29. The summed E-state index contributed by atoms with van der Waals surface area (Å²) in [5, 5.41) is 10.6. The number of aromatic nitrogens is 3. The maximum atomic E-state index is 14.3. The molecule has 1 aliphatic carbocycles. The number of fused-ring (bicyclic) bond motifs is 1. The molecule has 49 heavy (non-hydrogen) atoms. The van der Waals surface area contributed by atoms with Gasteiger partial charge in [-0.2, -0.15) is 13.5 Å². The summed E-state index contributed by atoms with van der Waals surface area (Å²) >= 11 is 0. The second-order valence-electron chi connectivity index (χ2n) is 12.7. The van der Waals surface area contributed by atoms with Crippen molar-refractivity contribution < 1.29 is 31.3 Å². The summed E-state index contributed by atoms with van der Waals surface area (Å²) in [7, 11) is -3.45. The Kier molecular flexibility index (Phi) is 10.7. The van der Waals surface area contributed by atoms with Gasteiger partial charge in [-0.15, -0.1) is 0 Å². The zero-order valence-corrected chi connectivity index (χ0v) is 28.2. The number of rotatable bonds is 12. The summed E-state index contributed by atoms with van der Waals surface area (Å²) in [5.41, 5.74) is 4.40. The number of nitrogens with one attached hydrogen (secondary N) is 2. The lowest BCUT2D eigenvalue weighted by Gasteiger charge is -2.29. The Bertz CT molecular complexity index is 1880. The molecule has 2 aliphatic rings. The number of hydrogen-bond acceptors (Lipinski definition) is 8. The molecule has 2 N–H and O–H groups in total. The Morgan fingerprint density at radius 3 is 2.39 bits per heavy atom. The molecule has 6 rings (SSSR count). The molecule has 1 fully saturated rings. The van der Waals surface area contributed by atoms with Crippen LogP contribution in [0.4, 0.5) is 4.39 Å². The number of carbonyl (C=O) groups excluding carboxylic acids is 2. The third-order valence-corrected chi connectivity index (χ3v) is 9.45. The van der Waals surface area contributed by atoms with Crippen LogP contribution in [0.1, 0.15) is 77.0 Å². The van der Waals surface area contributed by atoms with E-state index >= 15 is 0 Å². The van der Waals surface area contributed by atoms with Crippen LogP contribution < -0.4 is 15.4 Å². The number of ether oxygens (including phenoxy) is 1. The summed E-state index contributed by atoms with van der Waals surface area (Å²) in [6, 6.07) is 18.0. The van der Waals surface area contributed by atoms with Crippen LogP contribution in [0.2, 0.25) is 0 Å². The molecule has 1 saturated carbocycles. The van der Waals surface area contributed by atoms with E-state index in [1.807, 2.05) is 53.2 Å². The zero-order chi connectivity index (χ0) is 34.4. The Morgan fingerprint density at radius 2 is 1.67 bits per heavy atom. The zero-order valence-electron chi connectivity index (χ0n) is 27.4. The van der Waals surface area contributed by atoms with Gasteiger partial charge < -0.3 is 15.4 Å². The second-order valence-corrected chi connectivity index (χ2v) is 14.3. The molecule has 3 heterocycles. The maximum Gasteiger partial charge on any atom is 0.272 e. The number of amides is 2. The first-order chi connectivity index (χ1) is 23.6. The van der Waals surface area contributed by atoms with Crippen molar-refractivity contribution in [1.29, 1.82) is 0 Å². The maximum absolute atomic E-state index is 14.3. The van der Waals surface area contributed by atoms with Crippen molar-refractivity contribution in [3.05, 3.63) is 95.2 Å². The lowest BCUT2D eigenvalue weighted by Crippen LogP contribution is -2.44. The number of aryl methyl sites for hydroxylation is 3. The lowest BCUT2D eigenvalue weighted by atomic mass is 9.91. The minimum Gasteiger partial charge on any atom is -0.438 e. The fourth-order valence-corrected chi connectivity index (χ4v) is 6.73. The number of nitrogens with zero attached hydrogens (tertiary/aromatic N) is 3. The molecule has 1 aliphatic heterocycles. The van der Waals surface area contributed by atoms with Crippen molar-refractivity contribution in [1.82, 2.24) is 25.4 Å². The van der Waals surface area contributed by atoms with Crippen LogP contribution in [0.15, 0.2) is 66.9 Å². The van der Waals surface area contributed by atoms with E-state index in [1.165, 1.54) is 0 Å². The first-order valence-corrected chi connectivity index (χ1v) is 18.5. The van der Waals surface area contributed by atoms with Crippen LogP contribution in [0.3, 0.4) is 0 Å². The van der Waals surface area contributed by atoms with Crippen LogP contribution in [-0.4, -0.2) is 59.9 Å². The minimum absolute atomic E-state index is 0.00576. The van der Waals surface area contributed by atoms with E-state index in [4.69, 9.17) is 8.92 Å². The SMILES string of the molecule is CS(=O)(=O)OCCCc1ccc(-c2cccc(Oc3ncc(F)cc3C(=O)NC3CCC(NC(=O)c4cc5n(n4)CCCC5)CC3)c2)cc1. The van der Waals surface area contributed by atoms with E-state index in [0.717, 1.165) is 66.7 Å². The average molecular weight is 690 g/mol. The van der Waals surface area contributed by atoms with Crippen molar-refractivity contribution in [2.45, 2.75) is 76.4 Å².